The molecule has 0 aliphatic rings. The first-order valence-electron chi connectivity index (χ1n) is 5.68. The topological polar surface area (TPSA) is 27.1 Å². The van der Waals surface area contributed by atoms with Crippen LogP contribution in [0.25, 0.3) is 0 Å². The molecule has 1 rings (SSSR count). The third-order valence-electron chi connectivity index (χ3n) is 3.42. The summed E-state index contributed by atoms with van der Waals surface area (Å²) in [6, 6.07) is 0. The lowest BCUT2D eigenvalue weighted by Gasteiger charge is -2.24. The van der Waals surface area contributed by atoms with E-state index in [0.717, 1.165) is 26.0 Å². The predicted octanol–water partition coefficient (Wildman–Crippen LogP) is 2.61. The molecule has 0 bridgehead atoms. The lowest BCUT2D eigenvalue weighted by atomic mass is 9.79. The van der Waals surface area contributed by atoms with E-state index >= 15 is 0 Å². The Morgan fingerprint density at radius 2 is 2.07 bits per heavy atom. The molecule has 0 aromatic carbocycles. The van der Waals surface area contributed by atoms with Crippen LogP contribution >= 0.6 is 0 Å². The molecule has 86 valence electrons. The van der Waals surface area contributed by atoms with E-state index in [0.29, 0.717) is 0 Å². The van der Waals surface area contributed by atoms with Gasteiger partial charge in [-0.1, -0.05) is 20.8 Å². The summed E-state index contributed by atoms with van der Waals surface area (Å²) in [5, 5.41) is 4.35. The van der Waals surface area contributed by atoms with Gasteiger partial charge < -0.3 is 4.74 Å². The van der Waals surface area contributed by atoms with Crippen molar-refractivity contribution in [2.45, 2.75) is 45.6 Å². The average Bonchev–Trinajstić information content (AvgIpc) is 2.74. The van der Waals surface area contributed by atoms with Crippen LogP contribution in [-0.4, -0.2) is 23.5 Å². The summed E-state index contributed by atoms with van der Waals surface area (Å²) >= 11 is 0. The van der Waals surface area contributed by atoms with Crippen molar-refractivity contribution in [3.05, 3.63) is 18.0 Å². The minimum Gasteiger partial charge on any atom is -0.383 e. The monoisotopic (exact) mass is 210 g/mol. The maximum Gasteiger partial charge on any atom is 0.0658 e. The summed E-state index contributed by atoms with van der Waals surface area (Å²) in [7, 11) is 1.71. The molecule has 0 amide bonds. The molecule has 0 fully saturated rings. The van der Waals surface area contributed by atoms with Crippen LogP contribution in [0.1, 0.15) is 39.2 Å². The number of aromatic nitrogens is 2. The Morgan fingerprint density at radius 1 is 1.40 bits per heavy atom. The van der Waals surface area contributed by atoms with Crippen molar-refractivity contribution < 1.29 is 4.74 Å². The summed E-state index contributed by atoms with van der Waals surface area (Å²) in [6.45, 7) is 8.31. The fourth-order valence-electron chi connectivity index (χ4n) is 1.64. The normalized spacial score (nSPS) is 12.0. The first-order chi connectivity index (χ1) is 7.16. The van der Waals surface area contributed by atoms with E-state index in [1.165, 1.54) is 5.56 Å². The summed E-state index contributed by atoms with van der Waals surface area (Å²) in [6.07, 6.45) is 6.44. The second-order valence-corrected chi connectivity index (χ2v) is 4.25. The quantitative estimate of drug-likeness (QED) is 0.721. The van der Waals surface area contributed by atoms with Crippen molar-refractivity contribution in [2.75, 3.05) is 13.7 Å². The Morgan fingerprint density at radius 3 is 2.60 bits per heavy atom. The van der Waals surface area contributed by atoms with Crippen LogP contribution in [0.5, 0.6) is 0 Å². The van der Waals surface area contributed by atoms with Gasteiger partial charge in [0.05, 0.1) is 19.3 Å². The van der Waals surface area contributed by atoms with Gasteiger partial charge in [-0.25, -0.2) is 0 Å². The van der Waals surface area contributed by atoms with E-state index in [9.17, 15) is 0 Å². The summed E-state index contributed by atoms with van der Waals surface area (Å²) in [4.78, 5) is 0. The van der Waals surface area contributed by atoms with Crippen LogP contribution < -0.4 is 0 Å². The van der Waals surface area contributed by atoms with Gasteiger partial charge in [-0.05, 0) is 23.8 Å². The molecule has 0 aliphatic carbocycles. The molecule has 1 heterocycles. The van der Waals surface area contributed by atoms with Crippen molar-refractivity contribution in [1.29, 1.82) is 0 Å². The molecule has 1 aromatic heterocycles. The van der Waals surface area contributed by atoms with E-state index in [1.807, 2.05) is 10.9 Å². The molecule has 0 unspecified atom stereocenters. The van der Waals surface area contributed by atoms with E-state index in [4.69, 9.17) is 4.74 Å². The van der Waals surface area contributed by atoms with E-state index in [1.54, 1.807) is 7.11 Å². The minimum absolute atomic E-state index is 0.269. The van der Waals surface area contributed by atoms with Gasteiger partial charge in [-0.3, -0.25) is 4.68 Å². The largest absolute Gasteiger partial charge is 0.383 e. The van der Waals surface area contributed by atoms with Gasteiger partial charge in [0.25, 0.3) is 0 Å². The van der Waals surface area contributed by atoms with Crippen molar-refractivity contribution in [2.24, 2.45) is 0 Å². The molecule has 0 spiro atoms. The van der Waals surface area contributed by atoms with E-state index < -0.39 is 0 Å². The fourth-order valence-corrected chi connectivity index (χ4v) is 1.64. The number of methoxy groups -OCH3 is 1. The lowest BCUT2D eigenvalue weighted by molar-refractivity contribution is 0.183. The van der Waals surface area contributed by atoms with Crippen LogP contribution in [-0.2, 0) is 16.7 Å². The van der Waals surface area contributed by atoms with Crippen molar-refractivity contribution in [1.82, 2.24) is 9.78 Å². The van der Waals surface area contributed by atoms with Gasteiger partial charge >= 0.3 is 0 Å². The second-order valence-electron chi connectivity index (χ2n) is 4.25. The SMILES string of the molecule is CCC(C)(CC)c1cnn(CCOC)c1. The highest BCUT2D eigenvalue weighted by molar-refractivity contribution is 5.17. The summed E-state index contributed by atoms with van der Waals surface area (Å²) < 4.78 is 6.99. The Kier molecular flexibility index (Phi) is 4.33. The molecular weight excluding hydrogens is 188 g/mol. The predicted molar refractivity (Wildman–Crippen MR) is 62.0 cm³/mol. The van der Waals surface area contributed by atoms with Crippen LogP contribution in [0.4, 0.5) is 0 Å². The number of ether oxygens (including phenoxy) is 1. The van der Waals surface area contributed by atoms with Gasteiger partial charge in [0.1, 0.15) is 0 Å². The summed E-state index contributed by atoms with van der Waals surface area (Å²) in [5.74, 6) is 0. The highest BCUT2D eigenvalue weighted by Crippen LogP contribution is 2.30. The first-order valence-corrected chi connectivity index (χ1v) is 5.68. The van der Waals surface area contributed by atoms with E-state index in [2.05, 4.69) is 32.1 Å². The van der Waals surface area contributed by atoms with Crippen molar-refractivity contribution >= 4 is 0 Å². The third kappa shape index (κ3) is 2.81. The van der Waals surface area contributed by atoms with Crippen molar-refractivity contribution in [3.63, 3.8) is 0 Å². The fraction of sp³-hybridized carbons (Fsp3) is 0.750. The third-order valence-corrected chi connectivity index (χ3v) is 3.42. The second kappa shape index (κ2) is 5.31. The molecule has 0 saturated heterocycles. The Labute approximate surface area is 92.4 Å². The zero-order valence-electron chi connectivity index (χ0n) is 10.3. The Bertz CT molecular complexity index is 290. The molecule has 0 atom stereocenters. The molecule has 0 radical (unpaired) electrons. The van der Waals surface area contributed by atoms with Gasteiger partial charge in [-0.15, -0.1) is 0 Å². The summed E-state index contributed by atoms with van der Waals surface area (Å²) in [5.41, 5.74) is 1.61. The number of hydrogen-bond acceptors (Lipinski definition) is 2. The van der Waals surface area contributed by atoms with Crippen molar-refractivity contribution in [3.8, 4) is 0 Å². The van der Waals surface area contributed by atoms with Crippen LogP contribution in [0.3, 0.4) is 0 Å². The lowest BCUT2D eigenvalue weighted by Crippen LogP contribution is -2.18. The minimum atomic E-state index is 0.269. The maximum absolute atomic E-state index is 5.03. The standard InChI is InChI=1S/C12H22N2O/c1-5-12(3,6-2)11-9-13-14(10-11)7-8-15-4/h9-10H,5-8H2,1-4H3. The molecule has 3 heteroatoms. The Balaban J connectivity index is 2.74. The zero-order valence-corrected chi connectivity index (χ0v) is 10.3. The smallest absolute Gasteiger partial charge is 0.0658 e. The number of rotatable bonds is 6. The number of nitrogens with zero attached hydrogens (tertiary/aromatic N) is 2. The highest BCUT2D eigenvalue weighted by atomic mass is 16.5. The van der Waals surface area contributed by atoms with Gasteiger partial charge in [0.2, 0.25) is 0 Å². The molecule has 15 heavy (non-hydrogen) atoms. The van der Waals surface area contributed by atoms with Crippen LogP contribution in [0, 0.1) is 0 Å². The first kappa shape index (κ1) is 12.2. The maximum atomic E-state index is 5.03. The molecule has 0 N–H and O–H groups in total. The molecule has 0 aliphatic heterocycles. The highest BCUT2D eigenvalue weighted by Gasteiger charge is 2.23. The Hall–Kier alpha value is -0.830. The molecule has 0 saturated carbocycles. The number of hydrogen-bond donors (Lipinski definition) is 0. The average molecular weight is 210 g/mol. The molecule has 3 nitrogen and oxygen atoms in total. The van der Waals surface area contributed by atoms with Crippen LogP contribution in [0.2, 0.25) is 0 Å². The van der Waals surface area contributed by atoms with Gasteiger partial charge in [0.15, 0.2) is 0 Å². The van der Waals surface area contributed by atoms with Crippen LogP contribution in [0.15, 0.2) is 12.4 Å². The van der Waals surface area contributed by atoms with Gasteiger partial charge in [0, 0.05) is 13.3 Å². The van der Waals surface area contributed by atoms with Gasteiger partial charge in [-0.2, -0.15) is 5.10 Å². The molecular formula is C12H22N2O. The van der Waals surface area contributed by atoms with E-state index in [-0.39, 0.29) is 5.41 Å². The zero-order chi connectivity index (χ0) is 11.3. The molecule has 1 aromatic rings.